The molecule has 18 heavy (non-hydrogen) atoms. The minimum atomic E-state index is -0.597. The molecule has 2 rings (SSSR count). The summed E-state index contributed by atoms with van der Waals surface area (Å²) in [6.45, 7) is 2.23. The number of benzene rings is 1. The van der Waals surface area contributed by atoms with Crippen LogP contribution in [0.3, 0.4) is 0 Å². The smallest absolute Gasteiger partial charge is 0.0688 e. The van der Waals surface area contributed by atoms with Crippen molar-refractivity contribution in [2.75, 3.05) is 0 Å². The Labute approximate surface area is 119 Å². The van der Waals surface area contributed by atoms with E-state index in [2.05, 4.69) is 6.92 Å². The van der Waals surface area contributed by atoms with Gasteiger partial charge in [0.15, 0.2) is 0 Å². The Morgan fingerprint density at radius 2 is 1.94 bits per heavy atom. The third-order valence-electron chi connectivity index (χ3n) is 4.16. The van der Waals surface area contributed by atoms with Crippen molar-refractivity contribution < 1.29 is 5.11 Å². The maximum absolute atomic E-state index is 10.7. The quantitative estimate of drug-likeness (QED) is 0.841. The van der Waals surface area contributed by atoms with E-state index in [1.54, 1.807) is 6.07 Å². The van der Waals surface area contributed by atoms with Crippen molar-refractivity contribution in [2.24, 2.45) is 5.92 Å². The number of hydrogen-bond donors (Lipinski definition) is 1. The molecule has 3 heteroatoms. The second-order valence-electron chi connectivity index (χ2n) is 5.47. The molecule has 1 aliphatic rings. The third-order valence-corrected chi connectivity index (χ3v) is 5.02. The van der Waals surface area contributed by atoms with Gasteiger partial charge in [-0.3, -0.25) is 0 Å². The highest BCUT2D eigenvalue weighted by molar-refractivity contribution is 6.42. The third kappa shape index (κ3) is 3.20. The van der Waals surface area contributed by atoms with Crippen molar-refractivity contribution in [3.63, 3.8) is 0 Å². The predicted octanol–water partition coefficient (Wildman–Crippen LogP) is 4.87. The van der Waals surface area contributed by atoms with Gasteiger partial charge in [0, 0.05) is 6.42 Å². The second kappa shape index (κ2) is 5.81. The van der Waals surface area contributed by atoms with Crippen LogP contribution in [0.5, 0.6) is 0 Å². The van der Waals surface area contributed by atoms with Crippen molar-refractivity contribution in [1.29, 1.82) is 0 Å². The summed E-state index contributed by atoms with van der Waals surface area (Å²) >= 11 is 12.2. The van der Waals surface area contributed by atoms with Crippen LogP contribution in [0.2, 0.25) is 10.0 Å². The summed E-state index contributed by atoms with van der Waals surface area (Å²) in [5, 5.41) is 11.8. The van der Waals surface area contributed by atoms with E-state index in [4.69, 9.17) is 23.2 Å². The minimum Gasteiger partial charge on any atom is -0.390 e. The van der Waals surface area contributed by atoms with Gasteiger partial charge in [-0.05, 0) is 43.2 Å². The molecule has 0 atom stereocenters. The van der Waals surface area contributed by atoms with E-state index >= 15 is 0 Å². The Morgan fingerprint density at radius 3 is 2.56 bits per heavy atom. The highest BCUT2D eigenvalue weighted by atomic mass is 35.5. The first kappa shape index (κ1) is 14.2. The molecule has 0 aliphatic heterocycles. The lowest BCUT2D eigenvalue weighted by molar-refractivity contribution is -0.00920. The molecule has 0 amide bonds. The van der Waals surface area contributed by atoms with Crippen molar-refractivity contribution >= 4 is 23.2 Å². The Kier molecular flexibility index (Phi) is 4.58. The maximum Gasteiger partial charge on any atom is 0.0688 e. The van der Waals surface area contributed by atoms with Crippen LogP contribution in [0, 0.1) is 5.92 Å². The molecule has 1 N–H and O–H groups in total. The molecule has 1 fully saturated rings. The molecule has 1 saturated carbocycles. The molecule has 0 bridgehead atoms. The molecule has 1 nitrogen and oxygen atoms in total. The first-order valence-electron chi connectivity index (χ1n) is 6.69. The normalized spacial score (nSPS) is 28.3. The van der Waals surface area contributed by atoms with Crippen LogP contribution in [0.15, 0.2) is 18.2 Å². The van der Waals surface area contributed by atoms with Gasteiger partial charge in [-0.25, -0.2) is 0 Å². The van der Waals surface area contributed by atoms with Gasteiger partial charge in [0.25, 0.3) is 0 Å². The maximum atomic E-state index is 10.7. The van der Waals surface area contributed by atoms with E-state index in [1.165, 1.54) is 6.42 Å². The van der Waals surface area contributed by atoms with Crippen LogP contribution >= 0.6 is 23.2 Å². The fourth-order valence-electron chi connectivity index (χ4n) is 2.84. The SMILES string of the molecule is CCC1CCC(O)(Cc2cccc(Cl)c2Cl)CC1. The zero-order valence-corrected chi connectivity index (χ0v) is 12.3. The molecular weight excluding hydrogens is 267 g/mol. The lowest BCUT2D eigenvalue weighted by Gasteiger charge is -2.36. The van der Waals surface area contributed by atoms with Gasteiger partial charge in [0.05, 0.1) is 15.6 Å². The highest BCUT2D eigenvalue weighted by Gasteiger charge is 2.33. The highest BCUT2D eigenvalue weighted by Crippen LogP contribution is 2.37. The Balaban J connectivity index is 2.07. The standard InChI is InChI=1S/C15H20Cl2O/c1-2-11-6-8-15(18,9-7-11)10-12-4-3-5-13(16)14(12)17/h3-5,11,18H,2,6-10H2,1H3. The lowest BCUT2D eigenvalue weighted by Crippen LogP contribution is -2.36. The van der Waals surface area contributed by atoms with Gasteiger partial charge in [0.1, 0.15) is 0 Å². The van der Waals surface area contributed by atoms with Gasteiger partial charge in [-0.15, -0.1) is 0 Å². The summed E-state index contributed by atoms with van der Waals surface area (Å²) in [7, 11) is 0. The number of halogens is 2. The molecule has 0 radical (unpaired) electrons. The summed E-state index contributed by atoms with van der Waals surface area (Å²) in [6.07, 6.45) is 5.80. The first-order chi connectivity index (χ1) is 8.54. The molecule has 0 spiro atoms. The molecule has 1 aliphatic carbocycles. The monoisotopic (exact) mass is 286 g/mol. The number of hydrogen-bond acceptors (Lipinski definition) is 1. The molecule has 0 unspecified atom stereocenters. The second-order valence-corrected chi connectivity index (χ2v) is 6.25. The largest absolute Gasteiger partial charge is 0.390 e. The molecule has 100 valence electrons. The fraction of sp³-hybridized carbons (Fsp3) is 0.600. The van der Waals surface area contributed by atoms with Gasteiger partial charge in [-0.2, -0.15) is 0 Å². The van der Waals surface area contributed by atoms with Crippen LogP contribution < -0.4 is 0 Å². The van der Waals surface area contributed by atoms with Crippen LogP contribution in [-0.4, -0.2) is 10.7 Å². The first-order valence-corrected chi connectivity index (χ1v) is 7.45. The molecule has 0 aromatic heterocycles. The number of aliphatic hydroxyl groups is 1. The van der Waals surface area contributed by atoms with Crippen molar-refractivity contribution in [1.82, 2.24) is 0 Å². The molecule has 0 saturated heterocycles. The number of rotatable bonds is 3. The van der Waals surface area contributed by atoms with Crippen molar-refractivity contribution in [2.45, 2.75) is 51.0 Å². The Hall–Kier alpha value is -0.240. The average Bonchev–Trinajstić information content (AvgIpc) is 2.36. The van der Waals surface area contributed by atoms with E-state index in [9.17, 15) is 5.11 Å². The van der Waals surface area contributed by atoms with Crippen LogP contribution in [-0.2, 0) is 6.42 Å². The summed E-state index contributed by atoms with van der Waals surface area (Å²) in [5.41, 5.74) is 0.363. The van der Waals surface area contributed by atoms with Gasteiger partial charge in [-0.1, -0.05) is 48.7 Å². The van der Waals surface area contributed by atoms with E-state index in [-0.39, 0.29) is 0 Å². The lowest BCUT2D eigenvalue weighted by atomic mass is 9.75. The van der Waals surface area contributed by atoms with E-state index < -0.39 is 5.60 Å². The van der Waals surface area contributed by atoms with E-state index in [1.807, 2.05) is 12.1 Å². The van der Waals surface area contributed by atoms with Gasteiger partial charge in [0.2, 0.25) is 0 Å². The molecule has 0 heterocycles. The van der Waals surface area contributed by atoms with Crippen molar-refractivity contribution in [3.8, 4) is 0 Å². The van der Waals surface area contributed by atoms with Crippen molar-refractivity contribution in [3.05, 3.63) is 33.8 Å². The molecule has 1 aromatic rings. The van der Waals surface area contributed by atoms with Gasteiger partial charge < -0.3 is 5.11 Å². The summed E-state index contributed by atoms with van der Waals surface area (Å²) in [4.78, 5) is 0. The average molecular weight is 287 g/mol. The molecule has 1 aromatic carbocycles. The zero-order valence-electron chi connectivity index (χ0n) is 10.8. The van der Waals surface area contributed by atoms with E-state index in [0.29, 0.717) is 16.5 Å². The minimum absolute atomic E-state index is 0.569. The van der Waals surface area contributed by atoms with Crippen LogP contribution in [0.4, 0.5) is 0 Å². The van der Waals surface area contributed by atoms with E-state index in [0.717, 1.165) is 37.2 Å². The van der Waals surface area contributed by atoms with Crippen LogP contribution in [0.25, 0.3) is 0 Å². The predicted molar refractivity (Wildman–Crippen MR) is 77.4 cm³/mol. The fourth-order valence-corrected chi connectivity index (χ4v) is 3.23. The Bertz CT molecular complexity index is 409. The topological polar surface area (TPSA) is 20.2 Å². The zero-order chi connectivity index (χ0) is 13.2. The van der Waals surface area contributed by atoms with Crippen LogP contribution in [0.1, 0.15) is 44.6 Å². The summed E-state index contributed by atoms with van der Waals surface area (Å²) in [6, 6.07) is 5.63. The van der Waals surface area contributed by atoms with Gasteiger partial charge >= 0.3 is 0 Å². The summed E-state index contributed by atoms with van der Waals surface area (Å²) < 4.78 is 0. The Morgan fingerprint density at radius 1 is 1.28 bits per heavy atom. The molecular formula is C15H20Cl2O. The summed E-state index contributed by atoms with van der Waals surface area (Å²) in [5.74, 6) is 0.778.